The molecule has 0 aromatic carbocycles. The van der Waals surface area contributed by atoms with Crippen LogP contribution in [0.25, 0.3) is 10.6 Å². The van der Waals surface area contributed by atoms with Crippen LogP contribution in [0.2, 0.25) is 5.28 Å². The van der Waals surface area contributed by atoms with Crippen molar-refractivity contribution in [1.82, 2.24) is 9.97 Å². The number of rotatable bonds is 2. The van der Waals surface area contributed by atoms with Gasteiger partial charge in [-0.05, 0) is 23.7 Å². The maximum absolute atomic E-state index is 8.95. The molecule has 2 aromatic heterocycles. The molecule has 0 radical (unpaired) electrons. The molecule has 4 nitrogen and oxygen atoms in total. The minimum Gasteiger partial charge on any atom is -0.423 e. The van der Waals surface area contributed by atoms with Crippen molar-refractivity contribution < 1.29 is 10.0 Å². The van der Waals surface area contributed by atoms with Gasteiger partial charge in [0.05, 0.1) is 10.6 Å². The summed E-state index contributed by atoms with van der Waals surface area (Å²) < 4.78 is 0.472. The van der Waals surface area contributed by atoms with Gasteiger partial charge in [0.2, 0.25) is 5.28 Å². The second-order valence-corrected chi connectivity index (χ2v) is 4.24. The van der Waals surface area contributed by atoms with Crippen molar-refractivity contribution in [3.8, 4) is 10.6 Å². The van der Waals surface area contributed by atoms with Gasteiger partial charge in [0, 0.05) is 11.0 Å². The molecule has 0 unspecified atom stereocenters. The van der Waals surface area contributed by atoms with Gasteiger partial charge in [-0.15, -0.1) is 11.3 Å². The molecule has 7 heteroatoms. The van der Waals surface area contributed by atoms with Crippen LogP contribution < -0.4 is 4.78 Å². The molecule has 2 N–H and O–H groups in total. The quantitative estimate of drug-likeness (QED) is 0.594. The van der Waals surface area contributed by atoms with E-state index in [-0.39, 0.29) is 5.28 Å². The zero-order valence-corrected chi connectivity index (χ0v) is 9.03. The highest BCUT2D eigenvalue weighted by atomic mass is 35.5. The van der Waals surface area contributed by atoms with Gasteiger partial charge >= 0.3 is 7.12 Å². The highest BCUT2D eigenvalue weighted by molar-refractivity contribution is 7.24. The number of aromatic nitrogens is 2. The van der Waals surface area contributed by atoms with Crippen molar-refractivity contribution in [3.63, 3.8) is 0 Å². The van der Waals surface area contributed by atoms with Crippen LogP contribution in [0.5, 0.6) is 0 Å². The monoisotopic (exact) mass is 240 g/mol. The Balaban J connectivity index is 2.37. The molecule has 0 aliphatic rings. The second kappa shape index (κ2) is 4.28. The van der Waals surface area contributed by atoms with E-state index in [0.717, 1.165) is 4.88 Å². The highest BCUT2D eigenvalue weighted by Gasteiger charge is 2.14. The lowest BCUT2D eigenvalue weighted by atomic mass is 9.90. The summed E-state index contributed by atoms with van der Waals surface area (Å²) in [6, 6.07) is 5.12. The van der Waals surface area contributed by atoms with Crippen LogP contribution in [-0.4, -0.2) is 27.1 Å². The summed E-state index contributed by atoms with van der Waals surface area (Å²) in [5.74, 6) is 0. The Bertz CT molecular complexity index is 477. The molecule has 2 rings (SSSR count). The normalized spacial score (nSPS) is 10.3. The van der Waals surface area contributed by atoms with Gasteiger partial charge in [-0.1, -0.05) is 6.07 Å². The Kier molecular flexibility index (Phi) is 3.02. The van der Waals surface area contributed by atoms with Gasteiger partial charge in [0.25, 0.3) is 0 Å². The first kappa shape index (κ1) is 10.6. The maximum atomic E-state index is 8.95. The van der Waals surface area contributed by atoms with E-state index in [1.54, 1.807) is 24.4 Å². The van der Waals surface area contributed by atoms with E-state index in [1.165, 1.54) is 11.3 Å². The van der Waals surface area contributed by atoms with Crippen LogP contribution in [0.3, 0.4) is 0 Å². The van der Waals surface area contributed by atoms with Gasteiger partial charge in [-0.3, -0.25) is 0 Å². The molecule has 76 valence electrons. The molecule has 0 fully saturated rings. The SMILES string of the molecule is OB(O)c1ccc(-c2ccnc(Cl)n2)s1. The molecule has 0 aliphatic heterocycles. The lowest BCUT2D eigenvalue weighted by molar-refractivity contribution is 0.427. The lowest BCUT2D eigenvalue weighted by Gasteiger charge is -1.95. The fourth-order valence-electron chi connectivity index (χ4n) is 1.10. The van der Waals surface area contributed by atoms with Crippen molar-refractivity contribution in [1.29, 1.82) is 0 Å². The number of thiophene rings is 1. The maximum Gasteiger partial charge on any atom is 0.499 e. The first-order valence-electron chi connectivity index (χ1n) is 4.11. The predicted octanol–water partition coefficient (Wildman–Crippen LogP) is 0.538. The van der Waals surface area contributed by atoms with Crippen molar-refractivity contribution >= 4 is 34.8 Å². The summed E-state index contributed by atoms with van der Waals surface area (Å²) in [4.78, 5) is 8.61. The second-order valence-electron chi connectivity index (χ2n) is 2.79. The first-order chi connectivity index (χ1) is 7.16. The molecular formula is C8H6BClN2O2S. The Morgan fingerprint density at radius 3 is 2.67 bits per heavy atom. The number of hydrogen-bond donors (Lipinski definition) is 2. The van der Waals surface area contributed by atoms with E-state index in [9.17, 15) is 0 Å². The van der Waals surface area contributed by atoms with Gasteiger partial charge in [0.1, 0.15) is 0 Å². The van der Waals surface area contributed by atoms with Crippen molar-refractivity contribution in [3.05, 3.63) is 29.7 Å². The van der Waals surface area contributed by atoms with Crippen LogP contribution in [0.4, 0.5) is 0 Å². The van der Waals surface area contributed by atoms with E-state index in [1.807, 2.05) is 0 Å². The molecule has 0 amide bonds. The molecular weight excluding hydrogens is 234 g/mol. The summed E-state index contributed by atoms with van der Waals surface area (Å²) in [5, 5.41) is 18.1. The largest absolute Gasteiger partial charge is 0.499 e. The van der Waals surface area contributed by atoms with Crippen LogP contribution in [0, 0.1) is 0 Å². The molecule has 0 saturated carbocycles. The fourth-order valence-corrected chi connectivity index (χ4v) is 2.10. The van der Waals surface area contributed by atoms with E-state index < -0.39 is 7.12 Å². The zero-order chi connectivity index (χ0) is 10.8. The Morgan fingerprint density at radius 2 is 2.07 bits per heavy atom. The van der Waals surface area contributed by atoms with Crippen LogP contribution >= 0.6 is 22.9 Å². The molecule has 0 bridgehead atoms. The summed E-state index contributed by atoms with van der Waals surface area (Å²) in [5.41, 5.74) is 0.673. The first-order valence-corrected chi connectivity index (χ1v) is 5.31. The summed E-state index contributed by atoms with van der Waals surface area (Å²) in [7, 11) is -1.44. The van der Waals surface area contributed by atoms with Crippen LogP contribution in [0.1, 0.15) is 0 Å². The third-order valence-corrected chi connectivity index (χ3v) is 3.09. The molecule has 15 heavy (non-hydrogen) atoms. The number of nitrogens with zero attached hydrogens (tertiary/aromatic N) is 2. The topological polar surface area (TPSA) is 66.2 Å². The Hall–Kier alpha value is -0.945. The minimum atomic E-state index is -1.44. The Morgan fingerprint density at radius 1 is 1.27 bits per heavy atom. The Labute approximate surface area is 95.4 Å². The number of halogens is 1. The fraction of sp³-hybridized carbons (Fsp3) is 0. The third kappa shape index (κ3) is 2.35. The molecule has 0 spiro atoms. The van der Waals surface area contributed by atoms with Crippen molar-refractivity contribution in [2.75, 3.05) is 0 Å². The summed E-state index contributed by atoms with van der Waals surface area (Å²) >= 11 is 6.90. The average molecular weight is 240 g/mol. The van der Waals surface area contributed by atoms with Crippen molar-refractivity contribution in [2.45, 2.75) is 0 Å². The summed E-state index contributed by atoms with van der Waals surface area (Å²) in [6.07, 6.45) is 1.55. The molecule has 2 aromatic rings. The smallest absolute Gasteiger partial charge is 0.423 e. The van der Waals surface area contributed by atoms with Crippen LogP contribution in [-0.2, 0) is 0 Å². The zero-order valence-electron chi connectivity index (χ0n) is 7.46. The van der Waals surface area contributed by atoms with E-state index in [4.69, 9.17) is 21.6 Å². The van der Waals surface area contributed by atoms with E-state index >= 15 is 0 Å². The van der Waals surface area contributed by atoms with Gasteiger partial charge < -0.3 is 10.0 Å². The van der Waals surface area contributed by atoms with E-state index in [0.29, 0.717) is 10.5 Å². The van der Waals surface area contributed by atoms with Crippen LogP contribution in [0.15, 0.2) is 24.4 Å². The lowest BCUT2D eigenvalue weighted by Crippen LogP contribution is -2.26. The third-order valence-electron chi connectivity index (χ3n) is 1.76. The average Bonchev–Trinajstić information content (AvgIpc) is 2.66. The molecule has 0 saturated heterocycles. The van der Waals surface area contributed by atoms with Gasteiger partial charge in [-0.25, -0.2) is 9.97 Å². The number of hydrogen-bond acceptors (Lipinski definition) is 5. The predicted molar refractivity (Wildman–Crippen MR) is 60.2 cm³/mol. The minimum absolute atomic E-state index is 0.173. The van der Waals surface area contributed by atoms with Gasteiger partial charge in [-0.2, -0.15) is 0 Å². The summed E-state index contributed by atoms with van der Waals surface area (Å²) in [6.45, 7) is 0. The van der Waals surface area contributed by atoms with Gasteiger partial charge in [0.15, 0.2) is 0 Å². The highest BCUT2D eigenvalue weighted by Crippen LogP contribution is 2.21. The molecule has 0 aliphatic carbocycles. The molecule has 2 heterocycles. The van der Waals surface area contributed by atoms with E-state index in [2.05, 4.69) is 9.97 Å². The molecule has 0 atom stereocenters. The van der Waals surface area contributed by atoms with Crippen molar-refractivity contribution in [2.24, 2.45) is 0 Å². The standard InChI is InChI=1S/C8H6BClN2O2S/c10-8-11-4-3-5(12-8)6-1-2-7(15-6)9(13)14/h1-4,13-14H.